The zero-order chi connectivity index (χ0) is 39.1. The molecule has 0 saturated heterocycles. The van der Waals surface area contributed by atoms with Gasteiger partial charge in [-0.3, -0.25) is 9.79 Å². The minimum absolute atomic E-state index is 0.00363. The van der Waals surface area contributed by atoms with Crippen LogP contribution in [0.3, 0.4) is 0 Å². The van der Waals surface area contributed by atoms with E-state index in [1.165, 1.54) is 30.8 Å². The highest BCUT2D eigenvalue weighted by atomic mass is 16.5. The standard InChI is InChI=1S/C39H42BN5O8/c1-11-51-38(47)32-22(3)36(43-24(32)5)35(37-23(4)33(39(48)52-12-2)25(6)45(37)40(20-41)21-42)34-29(49-9)18-28(19-30(34)50-10)53-31(46)17-26-13-15-27(16-14-26)44(7)8/h13-16,18-19H,11-12,17H2,1-10H3/b36-35-. The Balaban J connectivity index is 2.05. The predicted molar refractivity (Wildman–Crippen MR) is 200 cm³/mol. The number of nitriles is 2. The Hall–Kier alpha value is -6.28. The summed E-state index contributed by atoms with van der Waals surface area (Å²) in [6.45, 7) is 8.86. The second-order valence-corrected chi connectivity index (χ2v) is 12.2. The molecule has 13 nitrogen and oxygen atoms in total. The number of nitrogens with zero attached hydrogens (tertiary/aromatic N) is 5. The first-order valence-corrected chi connectivity index (χ1v) is 16.9. The number of methoxy groups -OCH3 is 2. The molecule has 2 aromatic carbocycles. The number of anilines is 1. The van der Waals surface area contributed by atoms with Crippen molar-refractivity contribution in [1.29, 1.82) is 10.5 Å². The topological polar surface area (TPSA) is 165 Å². The van der Waals surface area contributed by atoms with Gasteiger partial charge in [0.25, 0.3) is 0 Å². The van der Waals surface area contributed by atoms with Crippen molar-refractivity contribution in [2.45, 2.75) is 48.0 Å². The summed E-state index contributed by atoms with van der Waals surface area (Å²) in [6, 6.07) is 10.5. The maximum absolute atomic E-state index is 13.4. The summed E-state index contributed by atoms with van der Waals surface area (Å²) in [6.07, 6.45) is -0.00363. The van der Waals surface area contributed by atoms with Gasteiger partial charge in [-0.1, -0.05) is 12.1 Å². The number of aromatic nitrogens is 1. The number of benzene rings is 2. The summed E-state index contributed by atoms with van der Waals surface area (Å²) in [5, 5.41) is 20.4. The molecular formula is C39H42BN5O8. The van der Waals surface area contributed by atoms with E-state index in [0.717, 1.165) is 11.3 Å². The molecule has 3 aromatic rings. The van der Waals surface area contributed by atoms with Crippen LogP contribution in [0.1, 0.15) is 66.1 Å². The summed E-state index contributed by atoms with van der Waals surface area (Å²) in [7, 11) is 6.69. The van der Waals surface area contributed by atoms with Crippen LogP contribution in [0.5, 0.6) is 17.2 Å². The Morgan fingerprint density at radius 3 is 1.94 bits per heavy atom. The molecule has 1 aliphatic heterocycles. The van der Waals surface area contributed by atoms with Gasteiger partial charge in [0, 0.05) is 48.9 Å². The van der Waals surface area contributed by atoms with E-state index in [-0.39, 0.29) is 70.5 Å². The summed E-state index contributed by atoms with van der Waals surface area (Å²) < 4.78 is 29.8. The maximum atomic E-state index is 13.4. The number of allylic oxidation sites excluding steroid dienone is 1. The van der Waals surface area contributed by atoms with Crippen molar-refractivity contribution in [3.05, 3.63) is 86.9 Å². The molecule has 53 heavy (non-hydrogen) atoms. The van der Waals surface area contributed by atoms with Gasteiger partial charge >= 0.3 is 24.8 Å². The number of rotatable bonds is 13. The van der Waals surface area contributed by atoms with E-state index in [1.54, 1.807) is 41.5 Å². The molecule has 0 N–H and O–H groups in total. The highest BCUT2D eigenvalue weighted by Gasteiger charge is 2.37. The summed E-state index contributed by atoms with van der Waals surface area (Å²) in [4.78, 5) is 46.6. The predicted octanol–water partition coefficient (Wildman–Crippen LogP) is 5.59. The van der Waals surface area contributed by atoms with E-state index in [2.05, 4.69) is 0 Å². The van der Waals surface area contributed by atoms with Gasteiger partial charge in [-0.2, -0.15) is 0 Å². The fourth-order valence-electron chi connectivity index (χ4n) is 6.37. The van der Waals surface area contributed by atoms with Crippen molar-refractivity contribution >= 4 is 41.7 Å². The lowest BCUT2D eigenvalue weighted by atomic mass is 9.65. The quantitative estimate of drug-likeness (QED) is 0.123. The van der Waals surface area contributed by atoms with Crippen LogP contribution in [-0.4, -0.2) is 76.5 Å². The Labute approximate surface area is 309 Å². The second kappa shape index (κ2) is 16.8. The molecule has 0 radical (unpaired) electrons. The molecule has 274 valence electrons. The van der Waals surface area contributed by atoms with E-state index in [4.69, 9.17) is 28.7 Å². The summed E-state index contributed by atoms with van der Waals surface area (Å²) in [5.74, 6) is 2.74. The molecule has 14 heteroatoms. The Morgan fingerprint density at radius 2 is 1.43 bits per heavy atom. The number of aliphatic imine (C=N–C) groups is 1. The lowest BCUT2D eigenvalue weighted by Gasteiger charge is -2.22. The molecule has 0 unspecified atom stereocenters. The van der Waals surface area contributed by atoms with Gasteiger partial charge in [-0.25, -0.2) is 20.1 Å². The Morgan fingerprint density at radius 1 is 0.868 bits per heavy atom. The fourth-order valence-corrected chi connectivity index (χ4v) is 6.37. The van der Waals surface area contributed by atoms with Crippen molar-refractivity contribution in [1.82, 2.24) is 4.48 Å². The van der Waals surface area contributed by atoms with Crippen molar-refractivity contribution in [2.24, 2.45) is 4.99 Å². The van der Waals surface area contributed by atoms with Crippen molar-refractivity contribution in [3.8, 4) is 29.2 Å². The van der Waals surface area contributed by atoms with Gasteiger partial charge in [-0.15, -0.1) is 0 Å². The first-order valence-electron chi connectivity index (χ1n) is 16.9. The first kappa shape index (κ1) is 39.5. The number of hydrogen-bond acceptors (Lipinski definition) is 12. The molecule has 0 bridgehead atoms. The summed E-state index contributed by atoms with van der Waals surface area (Å²) in [5.41, 5.74) is 4.72. The number of hydrogen-bond donors (Lipinski definition) is 0. The molecular weight excluding hydrogens is 677 g/mol. The van der Waals surface area contributed by atoms with Gasteiger partial charge < -0.3 is 33.1 Å². The van der Waals surface area contributed by atoms with Crippen LogP contribution in [0.25, 0.3) is 5.57 Å². The van der Waals surface area contributed by atoms with Gasteiger partial charge in [-0.05, 0) is 70.4 Å². The highest BCUT2D eigenvalue weighted by molar-refractivity contribution is 6.73. The fraction of sp³-hybridized carbons (Fsp3) is 0.333. The molecule has 0 fully saturated rings. The largest absolute Gasteiger partial charge is 0.496 e. The highest BCUT2D eigenvalue weighted by Crippen LogP contribution is 2.48. The number of carbonyl (C=O) groups is 3. The van der Waals surface area contributed by atoms with Gasteiger partial charge in [0.05, 0.1) is 73.9 Å². The smallest absolute Gasteiger partial charge is 0.496 e. The van der Waals surface area contributed by atoms with E-state index < -0.39 is 24.8 Å². The minimum Gasteiger partial charge on any atom is -0.496 e. The SMILES string of the molecule is CCOC(=O)C1=C(C)/C(=C(\c2c(OC)cc(OC(=O)Cc3ccc(N(C)C)cc3)cc2OC)c2c(C)c(C(=O)OCC)c(C)n2B(C#N)C#N)N=C1C. The summed E-state index contributed by atoms with van der Waals surface area (Å²) >= 11 is 0. The lowest BCUT2D eigenvalue weighted by Crippen LogP contribution is -2.25. The molecule has 1 aliphatic rings. The average Bonchev–Trinajstić information content (AvgIpc) is 3.56. The van der Waals surface area contributed by atoms with Crippen LogP contribution in [-0.2, 0) is 25.5 Å². The van der Waals surface area contributed by atoms with Crippen LogP contribution in [0.15, 0.2) is 58.2 Å². The van der Waals surface area contributed by atoms with Crippen LogP contribution < -0.4 is 19.1 Å². The Bertz CT molecular complexity index is 2090. The molecule has 0 spiro atoms. The van der Waals surface area contributed by atoms with E-state index in [0.29, 0.717) is 22.5 Å². The number of carbonyl (C=O) groups excluding carboxylic acids is 3. The first-order chi connectivity index (χ1) is 25.3. The van der Waals surface area contributed by atoms with Gasteiger partial charge in [0.1, 0.15) is 17.2 Å². The van der Waals surface area contributed by atoms with Crippen molar-refractivity contribution in [3.63, 3.8) is 0 Å². The normalized spacial score (nSPS) is 13.0. The van der Waals surface area contributed by atoms with Gasteiger partial charge in [0.2, 0.25) is 0 Å². The molecule has 2 heterocycles. The van der Waals surface area contributed by atoms with E-state index in [9.17, 15) is 24.9 Å². The average molecular weight is 720 g/mol. The maximum Gasteiger partial charge on any atom is 0.496 e. The molecule has 4 rings (SSSR count). The van der Waals surface area contributed by atoms with Crippen molar-refractivity contribution in [2.75, 3.05) is 46.4 Å². The molecule has 0 saturated carbocycles. The van der Waals surface area contributed by atoms with Crippen LogP contribution >= 0.6 is 0 Å². The van der Waals surface area contributed by atoms with E-state index in [1.807, 2.05) is 55.2 Å². The zero-order valence-corrected chi connectivity index (χ0v) is 31.7. The number of ether oxygens (including phenoxy) is 5. The molecule has 0 aliphatic carbocycles. The third-order valence-electron chi connectivity index (χ3n) is 8.76. The molecule has 1 aromatic heterocycles. The lowest BCUT2D eigenvalue weighted by molar-refractivity contribution is -0.138. The van der Waals surface area contributed by atoms with Crippen LogP contribution in [0, 0.1) is 36.3 Å². The Kier molecular flexibility index (Phi) is 12.5. The minimum atomic E-state index is -1.40. The zero-order valence-electron chi connectivity index (χ0n) is 31.7. The van der Waals surface area contributed by atoms with Crippen molar-refractivity contribution < 1.29 is 38.1 Å². The molecule has 0 atom stereocenters. The number of esters is 3. The second-order valence-electron chi connectivity index (χ2n) is 12.2. The monoisotopic (exact) mass is 719 g/mol. The molecule has 0 amide bonds. The van der Waals surface area contributed by atoms with Crippen LogP contribution in [0.4, 0.5) is 5.69 Å². The van der Waals surface area contributed by atoms with Crippen LogP contribution in [0.2, 0.25) is 0 Å². The third kappa shape index (κ3) is 7.82. The van der Waals surface area contributed by atoms with E-state index >= 15 is 0 Å². The van der Waals surface area contributed by atoms with Gasteiger partial charge in [0.15, 0.2) is 0 Å². The third-order valence-corrected chi connectivity index (χ3v) is 8.76.